The number of aryl methyl sites for hydroxylation is 1. The van der Waals surface area contributed by atoms with Crippen molar-refractivity contribution in [2.24, 2.45) is 0 Å². The summed E-state index contributed by atoms with van der Waals surface area (Å²) in [7, 11) is 0. The van der Waals surface area contributed by atoms with Gasteiger partial charge in [0.25, 0.3) is 0 Å². The van der Waals surface area contributed by atoms with Crippen LogP contribution >= 0.6 is 11.8 Å². The molecule has 1 saturated heterocycles. The van der Waals surface area contributed by atoms with Gasteiger partial charge >= 0.3 is 11.8 Å². The Balaban J connectivity index is 1.39. The first kappa shape index (κ1) is 21.2. The van der Waals surface area contributed by atoms with Crippen LogP contribution in [0.15, 0.2) is 53.4 Å². The van der Waals surface area contributed by atoms with E-state index in [1.54, 1.807) is 6.07 Å². The average molecular weight is 412 g/mol. The fraction of sp³-hybridized carbons (Fsp3) is 0.391. The molecule has 154 valence electrons. The summed E-state index contributed by atoms with van der Waals surface area (Å²) in [6.45, 7) is 2.77. The first-order valence-electron chi connectivity index (χ1n) is 10.2. The molecule has 5 nitrogen and oxygen atoms in total. The first-order valence-corrected chi connectivity index (χ1v) is 11.5. The van der Waals surface area contributed by atoms with Gasteiger partial charge in [0.15, 0.2) is 0 Å². The molecule has 29 heavy (non-hydrogen) atoms. The molecule has 3 rings (SSSR count). The lowest BCUT2D eigenvalue weighted by atomic mass is 10.1. The third-order valence-corrected chi connectivity index (χ3v) is 5.94. The Morgan fingerprint density at radius 3 is 2.41 bits per heavy atom. The maximum atomic E-state index is 12.1. The molecule has 2 aromatic carbocycles. The average Bonchev–Trinajstić information content (AvgIpc) is 2.78. The molecule has 2 N–H and O–H groups in total. The molecule has 1 aliphatic rings. The zero-order chi connectivity index (χ0) is 20.5. The van der Waals surface area contributed by atoms with Gasteiger partial charge in [0, 0.05) is 30.2 Å². The maximum absolute atomic E-state index is 12.1. The van der Waals surface area contributed by atoms with Crippen LogP contribution in [0.25, 0.3) is 0 Å². The summed E-state index contributed by atoms with van der Waals surface area (Å²) in [5, 5.41) is 5.39. The summed E-state index contributed by atoms with van der Waals surface area (Å²) in [6.07, 6.45) is 7.49. The lowest BCUT2D eigenvalue weighted by Crippen LogP contribution is -2.36. The number of para-hydroxylation sites is 1. The van der Waals surface area contributed by atoms with Crippen molar-refractivity contribution in [3.63, 3.8) is 0 Å². The van der Waals surface area contributed by atoms with E-state index in [4.69, 9.17) is 0 Å². The monoisotopic (exact) mass is 411 g/mol. The number of rotatable bonds is 7. The number of thioether (sulfide) groups is 1. The van der Waals surface area contributed by atoms with E-state index in [1.165, 1.54) is 42.3 Å². The lowest BCUT2D eigenvalue weighted by molar-refractivity contribution is -0.136. The van der Waals surface area contributed by atoms with Crippen LogP contribution in [0, 0.1) is 0 Å². The van der Waals surface area contributed by atoms with Crippen molar-refractivity contribution < 1.29 is 9.59 Å². The van der Waals surface area contributed by atoms with Gasteiger partial charge in [-0.15, -0.1) is 11.8 Å². The number of nitrogens with zero attached hydrogens (tertiary/aromatic N) is 1. The molecule has 1 heterocycles. The van der Waals surface area contributed by atoms with E-state index in [0.717, 1.165) is 30.8 Å². The largest absolute Gasteiger partial charge is 0.372 e. The molecule has 0 aromatic heterocycles. The Hall–Kier alpha value is -2.47. The summed E-state index contributed by atoms with van der Waals surface area (Å²) in [5.41, 5.74) is 3.20. The number of nitrogens with one attached hydrogen (secondary N) is 2. The minimum absolute atomic E-state index is 0.476. The summed E-state index contributed by atoms with van der Waals surface area (Å²) in [4.78, 5) is 27.5. The second-order valence-electron chi connectivity index (χ2n) is 7.23. The smallest absolute Gasteiger partial charge is 0.313 e. The van der Waals surface area contributed by atoms with Crippen LogP contribution in [0.3, 0.4) is 0 Å². The van der Waals surface area contributed by atoms with E-state index in [9.17, 15) is 9.59 Å². The highest BCUT2D eigenvalue weighted by Gasteiger charge is 2.14. The van der Waals surface area contributed by atoms with E-state index in [2.05, 4.69) is 39.8 Å². The lowest BCUT2D eigenvalue weighted by Gasteiger charge is -2.28. The number of carbonyl (C=O) groups is 2. The van der Waals surface area contributed by atoms with E-state index in [-0.39, 0.29) is 0 Å². The molecule has 0 saturated carbocycles. The quantitative estimate of drug-likeness (QED) is 0.409. The van der Waals surface area contributed by atoms with Gasteiger partial charge < -0.3 is 15.5 Å². The van der Waals surface area contributed by atoms with Gasteiger partial charge in [0.05, 0.1) is 5.69 Å². The number of anilines is 2. The Kier molecular flexibility index (Phi) is 7.99. The Morgan fingerprint density at radius 1 is 0.966 bits per heavy atom. The Labute approximate surface area is 177 Å². The molecule has 1 aliphatic heterocycles. The van der Waals surface area contributed by atoms with E-state index >= 15 is 0 Å². The minimum Gasteiger partial charge on any atom is -0.372 e. The van der Waals surface area contributed by atoms with Crippen molar-refractivity contribution >= 4 is 35.0 Å². The van der Waals surface area contributed by atoms with Gasteiger partial charge in [0.2, 0.25) is 0 Å². The van der Waals surface area contributed by atoms with Crippen LogP contribution in [0.5, 0.6) is 0 Å². The van der Waals surface area contributed by atoms with Gasteiger partial charge in [0.1, 0.15) is 0 Å². The highest BCUT2D eigenvalue weighted by molar-refractivity contribution is 7.98. The van der Waals surface area contributed by atoms with Crippen LogP contribution in [-0.2, 0) is 16.0 Å². The van der Waals surface area contributed by atoms with Crippen LogP contribution in [0.4, 0.5) is 11.4 Å². The maximum Gasteiger partial charge on any atom is 0.313 e. The number of hydrogen-bond acceptors (Lipinski definition) is 4. The van der Waals surface area contributed by atoms with Crippen LogP contribution < -0.4 is 15.5 Å². The van der Waals surface area contributed by atoms with Crippen molar-refractivity contribution in [3.8, 4) is 0 Å². The summed E-state index contributed by atoms with van der Waals surface area (Å²) in [5.74, 6) is -1.22. The van der Waals surface area contributed by atoms with Crippen molar-refractivity contribution in [3.05, 3.63) is 54.1 Å². The Bertz CT molecular complexity index is 817. The van der Waals surface area contributed by atoms with Gasteiger partial charge in [-0.25, -0.2) is 0 Å². The van der Waals surface area contributed by atoms with Crippen molar-refractivity contribution in [2.45, 2.75) is 37.0 Å². The van der Waals surface area contributed by atoms with Gasteiger partial charge in [-0.05, 0) is 68.2 Å². The molecule has 6 heteroatoms. The fourth-order valence-electron chi connectivity index (χ4n) is 3.53. The molecule has 2 aromatic rings. The second kappa shape index (κ2) is 10.9. The van der Waals surface area contributed by atoms with Crippen molar-refractivity contribution in [1.82, 2.24) is 5.32 Å². The summed E-state index contributed by atoms with van der Waals surface area (Å²) >= 11 is 1.53. The Morgan fingerprint density at radius 2 is 1.69 bits per heavy atom. The number of amides is 2. The van der Waals surface area contributed by atoms with Gasteiger partial charge in [-0.3, -0.25) is 9.59 Å². The number of benzene rings is 2. The zero-order valence-corrected chi connectivity index (χ0v) is 17.8. The van der Waals surface area contributed by atoms with Crippen LogP contribution in [-0.4, -0.2) is 37.7 Å². The molecule has 2 amide bonds. The van der Waals surface area contributed by atoms with Crippen molar-refractivity contribution in [1.29, 1.82) is 0 Å². The topological polar surface area (TPSA) is 61.4 Å². The first-order chi connectivity index (χ1) is 14.2. The van der Waals surface area contributed by atoms with Crippen LogP contribution in [0.1, 0.15) is 31.2 Å². The van der Waals surface area contributed by atoms with Crippen LogP contribution in [0.2, 0.25) is 0 Å². The molecule has 0 unspecified atom stereocenters. The van der Waals surface area contributed by atoms with Gasteiger partial charge in [-0.2, -0.15) is 0 Å². The highest BCUT2D eigenvalue weighted by atomic mass is 32.2. The predicted molar refractivity (Wildman–Crippen MR) is 121 cm³/mol. The SMILES string of the molecule is CSc1ccccc1NC(=O)C(=O)NCCCc1ccc(N2CCCCC2)cc1. The third-order valence-electron chi connectivity index (χ3n) is 5.15. The third kappa shape index (κ3) is 6.26. The summed E-state index contributed by atoms with van der Waals surface area (Å²) in [6, 6.07) is 16.2. The normalized spacial score (nSPS) is 13.8. The molecular weight excluding hydrogens is 382 g/mol. The predicted octanol–water partition coefficient (Wildman–Crippen LogP) is 4.09. The van der Waals surface area contributed by atoms with E-state index in [0.29, 0.717) is 12.2 Å². The fourth-order valence-corrected chi connectivity index (χ4v) is 4.08. The number of hydrogen-bond donors (Lipinski definition) is 2. The molecule has 1 fully saturated rings. The standard InChI is InChI=1S/C23H29N3O2S/c1-29-21-10-4-3-9-20(21)25-23(28)22(27)24-15-7-8-18-11-13-19(14-12-18)26-16-5-2-6-17-26/h3-4,9-14H,2,5-8,15-17H2,1H3,(H,24,27)(H,25,28). The number of piperidine rings is 1. The van der Waals surface area contributed by atoms with E-state index < -0.39 is 11.8 Å². The molecule has 0 bridgehead atoms. The molecule has 0 aliphatic carbocycles. The second-order valence-corrected chi connectivity index (χ2v) is 8.08. The molecule has 0 spiro atoms. The number of carbonyl (C=O) groups excluding carboxylic acids is 2. The van der Waals surface area contributed by atoms with Gasteiger partial charge in [-0.1, -0.05) is 24.3 Å². The molecule has 0 radical (unpaired) electrons. The molecule has 0 atom stereocenters. The minimum atomic E-state index is -0.627. The summed E-state index contributed by atoms with van der Waals surface area (Å²) < 4.78 is 0. The molecular formula is C23H29N3O2S. The highest BCUT2D eigenvalue weighted by Crippen LogP contribution is 2.24. The van der Waals surface area contributed by atoms with Crippen molar-refractivity contribution in [2.75, 3.05) is 36.1 Å². The van der Waals surface area contributed by atoms with E-state index in [1.807, 2.05) is 24.5 Å². The zero-order valence-electron chi connectivity index (χ0n) is 16.9.